The van der Waals surface area contributed by atoms with Crippen LogP contribution >= 0.6 is 11.3 Å². The van der Waals surface area contributed by atoms with E-state index in [-0.39, 0.29) is 23.8 Å². The number of hydrogen-bond acceptors (Lipinski definition) is 4. The lowest BCUT2D eigenvalue weighted by molar-refractivity contribution is -0.140. The van der Waals surface area contributed by atoms with E-state index in [4.69, 9.17) is 4.74 Å². The number of rotatable bonds is 4. The van der Waals surface area contributed by atoms with Crippen LogP contribution in [0.2, 0.25) is 0 Å². The van der Waals surface area contributed by atoms with Crippen LogP contribution in [0.15, 0.2) is 29.2 Å². The van der Waals surface area contributed by atoms with Gasteiger partial charge in [-0.1, -0.05) is 12.1 Å². The molecule has 0 saturated carbocycles. The summed E-state index contributed by atoms with van der Waals surface area (Å²) in [7, 11) is 1.83. The molecule has 1 aliphatic carbocycles. The summed E-state index contributed by atoms with van der Waals surface area (Å²) in [4.78, 5) is 26.9. The number of allylic oxidation sites excluding steroid dienone is 1. The maximum absolute atomic E-state index is 12.0. The maximum atomic E-state index is 12.0. The van der Waals surface area contributed by atoms with Crippen LogP contribution in [-0.4, -0.2) is 30.4 Å². The van der Waals surface area contributed by atoms with Crippen molar-refractivity contribution in [3.8, 4) is 0 Å². The van der Waals surface area contributed by atoms with Gasteiger partial charge in [0.2, 0.25) is 5.91 Å². The van der Waals surface area contributed by atoms with E-state index in [0.29, 0.717) is 13.0 Å². The molecule has 0 N–H and O–H groups in total. The van der Waals surface area contributed by atoms with Gasteiger partial charge in [-0.15, -0.1) is 11.3 Å². The van der Waals surface area contributed by atoms with Crippen molar-refractivity contribution >= 4 is 23.2 Å². The van der Waals surface area contributed by atoms with E-state index in [2.05, 4.69) is 0 Å². The van der Waals surface area contributed by atoms with E-state index in [1.807, 2.05) is 30.6 Å². The van der Waals surface area contributed by atoms with E-state index in [9.17, 15) is 9.59 Å². The lowest BCUT2D eigenvalue weighted by atomic mass is 10.00. The first-order valence-electron chi connectivity index (χ1n) is 7.32. The van der Waals surface area contributed by atoms with E-state index < -0.39 is 0 Å². The van der Waals surface area contributed by atoms with Crippen LogP contribution < -0.4 is 0 Å². The Morgan fingerprint density at radius 3 is 3.05 bits per heavy atom. The molecule has 0 radical (unpaired) electrons. The lowest BCUT2D eigenvalue weighted by Gasteiger charge is -2.23. The molecule has 21 heavy (non-hydrogen) atoms. The van der Waals surface area contributed by atoms with Gasteiger partial charge in [0, 0.05) is 29.8 Å². The monoisotopic (exact) mass is 305 g/mol. The van der Waals surface area contributed by atoms with Crippen molar-refractivity contribution in [1.82, 2.24) is 4.90 Å². The highest BCUT2D eigenvalue weighted by Crippen LogP contribution is 2.39. The topological polar surface area (TPSA) is 46.6 Å². The van der Waals surface area contributed by atoms with Crippen molar-refractivity contribution in [3.63, 3.8) is 0 Å². The molecule has 1 saturated heterocycles. The number of esters is 1. The minimum absolute atomic E-state index is 0.0304. The molecule has 0 aromatic carbocycles. The molecule has 0 spiro atoms. The summed E-state index contributed by atoms with van der Waals surface area (Å²) >= 11 is 1.64. The predicted octanol–water partition coefficient (Wildman–Crippen LogP) is 2.92. The quantitative estimate of drug-likeness (QED) is 0.804. The molecule has 0 bridgehead atoms. The highest BCUT2D eigenvalue weighted by atomic mass is 32.1. The first-order chi connectivity index (χ1) is 10.2. The molecule has 4 nitrogen and oxygen atoms in total. The van der Waals surface area contributed by atoms with Gasteiger partial charge in [0.05, 0.1) is 12.6 Å². The highest BCUT2D eigenvalue weighted by Gasteiger charge is 2.39. The van der Waals surface area contributed by atoms with Crippen molar-refractivity contribution in [2.75, 3.05) is 13.7 Å². The summed E-state index contributed by atoms with van der Waals surface area (Å²) in [5, 5.41) is 2.01. The first-order valence-corrected chi connectivity index (χ1v) is 8.20. The van der Waals surface area contributed by atoms with Crippen LogP contribution in [0, 0.1) is 5.92 Å². The Balaban J connectivity index is 1.66. The number of carbonyl (C=O) groups excluding carboxylic acids is 2. The summed E-state index contributed by atoms with van der Waals surface area (Å²) < 4.78 is 5.45. The van der Waals surface area contributed by atoms with Crippen LogP contribution in [0.5, 0.6) is 0 Å². The summed E-state index contributed by atoms with van der Waals surface area (Å²) in [6.07, 6.45) is 5.23. The summed E-state index contributed by atoms with van der Waals surface area (Å²) in [6, 6.07) is 4.06. The van der Waals surface area contributed by atoms with Gasteiger partial charge in [-0.3, -0.25) is 4.79 Å². The minimum atomic E-state index is -0.209. The Bertz CT molecular complexity index is 564. The molecular formula is C16H19NO3S. The number of hydrogen-bond donors (Lipinski definition) is 0. The van der Waals surface area contributed by atoms with Crippen LogP contribution in [0.1, 0.15) is 36.6 Å². The number of nitrogens with zero attached hydrogens (tertiary/aromatic N) is 1. The van der Waals surface area contributed by atoms with Crippen LogP contribution in [0.4, 0.5) is 0 Å². The van der Waals surface area contributed by atoms with E-state index in [0.717, 1.165) is 29.7 Å². The zero-order valence-electron chi connectivity index (χ0n) is 12.1. The highest BCUT2D eigenvalue weighted by molar-refractivity contribution is 7.10. The Morgan fingerprint density at radius 2 is 2.38 bits per heavy atom. The Morgan fingerprint density at radius 1 is 1.52 bits per heavy atom. The molecule has 5 heteroatoms. The number of ether oxygens (including phenoxy) is 1. The molecule has 1 aliphatic heterocycles. The van der Waals surface area contributed by atoms with Gasteiger partial charge in [-0.2, -0.15) is 0 Å². The predicted molar refractivity (Wildman–Crippen MR) is 80.8 cm³/mol. The lowest BCUT2D eigenvalue weighted by Crippen LogP contribution is -2.25. The fourth-order valence-corrected chi connectivity index (χ4v) is 4.08. The third-order valence-corrected chi connectivity index (χ3v) is 5.20. The molecule has 2 aliphatic rings. The van der Waals surface area contributed by atoms with Crippen molar-refractivity contribution < 1.29 is 14.3 Å². The van der Waals surface area contributed by atoms with Crippen molar-refractivity contribution in [2.45, 2.75) is 31.7 Å². The van der Waals surface area contributed by atoms with Gasteiger partial charge in [-0.25, -0.2) is 4.79 Å². The van der Waals surface area contributed by atoms with Gasteiger partial charge in [-0.05, 0) is 30.7 Å². The van der Waals surface area contributed by atoms with Gasteiger partial charge in [0.1, 0.15) is 0 Å². The molecule has 1 aromatic heterocycles. The maximum Gasteiger partial charge on any atom is 0.333 e. The smallest absolute Gasteiger partial charge is 0.333 e. The molecule has 3 rings (SSSR count). The fourth-order valence-electron chi connectivity index (χ4n) is 3.12. The van der Waals surface area contributed by atoms with Crippen LogP contribution in [-0.2, 0) is 14.3 Å². The number of likely N-dealkylation sites (tertiary alicyclic amines) is 1. The van der Waals surface area contributed by atoms with Gasteiger partial charge in [0.25, 0.3) is 0 Å². The third-order valence-electron chi connectivity index (χ3n) is 4.26. The fraction of sp³-hybridized carbons (Fsp3) is 0.500. The van der Waals surface area contributed by atoms with E-state index in [1.165, 1.54) is 0 Å². The van der Waals surface area contributed by atoms with Crippen molar-refractivity contribution in [2.24, 2.45) is 5.92 Å². The number of amides is 1. The summed E-state index contributed by atoms with van der Waals surface area (Å²) in [6.45, 7) is 0.314. The summed E-state index contributed by atoms with van der Waals surface area (Å²) in [5.41, 5.74) is 0.792. The van der Waals surface area contributed by atoms with Gasteiger partial charge >= 0.3 is 5.97 Å². The molecule has 2 atom stereocenters. The van der Waals surface area contributed by atoms with Crippen LogP contribution in [0.3, 0.4) is 0 Å². The SMILES string of the molecule is CN1C(=O)C[C@H](COC(=O)C2=CCCC2)[C@@H]1c1cccs1. The average Bonchev–Trinajstić information content (AvgIpc) is 3.19. The van der Waals surface area contributed by atoms with E-state index in [1.54, 1.807) is 16.2 Å². The number of carbonyl (C=O) groups is 2. The number of thiophene rings is 1. The standard InChI is InChI=1S/C16H19NO3S/c1-17-14(18)9-12(15(17)13-7-4-8-21-13)10-20-16(19)11-5-2-3-6-11/h4-5,7-8,12,15H,2-3,6,9-10H2,1H3/t12-,15-/m1/s1. The molecule has 2 heterocycles. The Kier molecular flexibility index (Phi) is 4.10. The minimum Gasteiger partial charge on any atom is -0.462 e. The zero-order valence-corrected chi connectivity index (χ0v) is 12.9. The van der Waals surface area contributed by atoms with Crippen molar-refractivity contribution in [3.05, 3.63) is 34.0 Å². The van der Waals surface area contributed by atoms with Crippen molar-refractivity contribution in [1.29, 1.82) is 0 Å². The second kappa shape index (κ2) is 6.02. The molecule has 0 unspecified atom stereocenters. The summed E-state index contributed by atoms with van der Waals surface area (Å²) in [5.74, 6) is -0.0407. The van der Waals surface area contributed by atoms with E-state index >= 15 is 0 Å². The normalized spacial score (nSPS) is 25.3. The first kappa shape index (κ1) is 14.3. The second-order valence-corrected chi connectivity index (χ2v) is 6.63. The average molecular weight is 305 g/mol. The Hall–Kier alpha value is -1.62. The molecular weight excluding hydrogens is 286 g/mol. The van der Waals surface area contributed by atoms with Gasteiger partial charge in [0.15, 0.2) is 0 Å². The van der Waals surface area contributed by atoms with Gasteiger partial charge < -0.3 is 9.64 Å². The second-order valence-electron chi connectivity index (χ2n) is 5.65. The molecule has 112 valence electrons. The Labute approximate surface area is 128 Å². The molecule has 1 fully saturated rings. The third kappa shape index (κ3) is 2.88. The molecule has 1 aromatic rings. The van der Waals surface area contributed by atoms with Crippen LogP contribution in [0.25, 0.3) is 0 Å². The largest absolute Gasteiger partial charge is 0.462 e. The molecule has 1 amide bonds. The zero-order chi connectivity index (χ0) is 14.8.